The average molecular weight is 379 g/mol. The largest absolute Gasteiger partial charge is 0.461 e. The highest BCUT2D eigenvalue weighted by atomic mass is 32.1. The van der Waals surface area contributed by atoms with Crippen molar-refractivity contribution in [2.45, 2.75) is 12.7 Å². The lowest BCUT2D eigenvalue weighted by molar-refractivity contribution is -0.137. The molecule has 3 rings (SSSR count). The summed E-state index contributed by atoms with van der Waals surface area (Å²) in [6, 6.07) is 10.5. The lowest BCUT2D eigenvalue weighted by Gasteiger charge is -2.08. The fourth-order valence-corrected chi connectivity index (χ4v) is 3.10. The van der Waals surface area contributed by atoms with Gasteiger partial charge in [0, 0.05) is 10.4 Å². The molecule has 3 aromatic rings. The third kappa shape index (κ3) is 4.02. The molecule has 2 heterocycles. The molecule has 0 saturated heterocycles. The zero-order valence-electron chi connectivity index (χ0n) is 13.2. The van der Waals surface area contributed by atoms with E-state index in [9.17, 15) is 22.8 Å². The van der Waals surface area contributed by atoms with Crippen molar-refractivity contribution < 1.29 is 27.2 Å². The molecular weight excluding hydrogens is 367 g/mol. The number of carbonyl (C=O) groups excluding carboxylic acids is 2. The molecule has 0 fully saturated rings. The fourth-order valence-electron chi connectivity index (χ4n) is 2.20. The molecule has 26 heavy (non-hydrogen) atoms. The van der Waals surface area contributed by atoms with Gasteiger partial charge in [-0.2, -0.15) is 13.2 Å². The Hall–Kier alpha value is -2.87. The standard InChI is InChI=1S/C18H12F3NO3S/c19-18(20,21)12-5-3-11(4-6-12)17(24)22-10-13-7-8-15(26-13)16(23)14-2-1-9-25-14/h1-9H,10H2,(H,22,24). The molecule has 134 valence electrons. The molecule has 0 bridgehead atoms. The number of amides is 1. The summed E-state index contributed by atoms with van der Waals surface area (Å²) < 4.78 is 42.6. The van der Waals surface area contributed by atoms with E-state index in [1.807, 2.05) is 0 Å². The molecular formula is C18H12F3NO3S. The van der Waals surface area contributed by atoms with Crippen LogP contribution in [0, 0.1) is 0 Å². The van der Waals surface area contributed by atoms with Crippen LogP contribution in [0.4, 0.5) is 13.2 Å². The van der Waals surface area contributed by atoms with Gasteiger partial charge in [-0.05, 0) is 48.5 Å². The maximum Gasteiger partial charge on any atom is 0.416 e. The van der Waals surface area contributed by atoms with Gasteiger partial charge in [-0.3, -0.25) is 9.59 Å². The Kier molecular flexibility index (Phi) is 4.94. The van der Waals surface area contributed by atoms with Crippen LogP contribution >= 0.6 is 11.3 Å². The van der Waals surface area contributed by atoms with E-state index in [4.69, 9.17) is 4.42 Å². The Balaban J connectivity index is 1.61. The topological polar surface area (TPSA) is 59.3 Å². The van der Waals surface area contributed by atoms with Gasteiger partial charge in [-0.1, -0.05) is 0 Å². The van der Waals surface area contributed by atoms with Crippen molar-refractivity contribution in [2.24, 2.45) is 0 Å². The highest BCUT2D eigenvalue weighted by Gasteiger charge is 2.30. The predicted octanol–water partition coefficient (Wildman–Crippen LogP) is 4.52. The molecule has 1 aromatic carbocycles. The van der Waals surface area contributed by atoms with E-state index in [0.29, 0.717) is 4.88 Å². The van der Waals surface area contributed by atoms with E-state index < -0.39 is 17.6 Å². The number of benzene rings is 1. The molecule has 0 atom stereocenters. The molecule has 4 nitrogen and oxygen atoms in total. The predicted molar refractivity (Wildman–Crippen MR) is 89.1 cm³/mol. The van der Waals surface area contributed by atoms with Crippen molar-refractivity contribution >= 4 is 23.0 Å². The maximum absolute atomic E-state index is 12.5. The van der Waals surface area contributed by atoms with Crippen LogP contribution in [0.5, 0.6) is 0 Å². The number of rotatable bonds is 5. The summed E-state index contributed by atoms with van der Waals surface area (Å²) >= 11 is 1.21. The first-order valence-electron chi connectivity index (χ1n) is 7.47. The second-order valence-electron chi connectivity index (χ2n) is 5.33. The molecule has 2 aromatic heterocycles. The molecule has 0 saturated carbocycles. The minimum atomic E-state index is -4.44. The van der Waals surface area contributed by atoms with Gasteiger partial charge in [-0.15, -0.1) is 11.3 Å². The smallest absolute Gasteiger partial charge is 0.416 e. The highest BCUT2D eigenvalue weighted by Crippen LogP contribution is 2.29. The van der Waals surface area contributed by atoms with Gasteiger partial charge in [0.2, 0.25) is 5.78 Å². The maximum atomic E-state index is 12.5. The minimum Gasteiger partial charge on any atom is -0.461 e. The van der Waals surface area contributed by atoms with Crippen LogP contribution in [-0.4, -0.2) is 11.7 Å². The van der Waals surface area contributed by atoms with Gasteiger partial charge < -0.3 is 9.73 Å². The van der Waals surface area contributed by atoms with Crippen molar-refractivity contribution in [1.82, 2.24) is 5.32 Å². The number of hydrogen-bond donors (Lipinski definition) is 1. The Morgan fingerprint density at radius 3 is 2.38 bits per heavy atom. The minimum absolute atomic E-state index is 0.126. The Labute approximate surface area is 150 Å². The van der Waals surface area contributed by atoms with Crippen LogP contribution < -0.4 is 5.32 Å². The fraction of sp³-hybridized carbons (Fsp3) is 0.111. The molecule has 0 aliphatic rings. The molecule has 0 unspecified atom stereocenters. The van der Waals surface area contributed by atoms with Gasteiger partial charge in [0.25, 0.3) is 5.91 Å². The molecule has 0 aliphatic carbocycles. The molecule has 1 amide bonds. The van der Waals surface area contributed by atoms with E-state index >= 15 is 0 Å². The van der Waals surface area contributed by atoms with Crippen molar-refractivity contribution in [1.29, 1.82) is 0 Å². The van der Waals surface area contributed by atoms with Crippen LogP contribution in [-0.2, 0) is 12.7 Å². The van der Waals surface area contributed by atoms with Crippen LogP contribution in [0.1, 0.15) is 36.2 Å². The second kappa shape index (κ2) is 7.17. The zero-order chi connectivity index (χ0) is 18.7. The average Bonchev–Trinajstić information content (AvgIpc) is 3.30. The van der Waals surface area contributed by atoms with Crippen LogP contribution in [0.2, 0.25) is 0 Å². The normalized spacial score (nSPS) is 11.3. The number of halogens is 3. The van der Waals surface area contributed by atoms with Gasteiger partial charge in [-0.25, -0.2) is 0 Å². The number of furan rings is 1. The molecule has 1 N–H and O–H groups in total. The number of nitrogens with one attached hydrogen (secondary N) is 1. The number of carbonyl (C=O) groups is 2. The number of hydrogen-bond acceptors (Lipinski definition) is 4. The third-order valence-electron chi connectivity index (χ3n) is 3.53. The quantitative estimate of drug-likeness (QED) is 0.663. The molecule has 0 spiro atoms. The summed E-state index contributed by atoms with van der Waals surface area (Å²) in [6.07, 6.45) is -3.03. The SMILES string of the molecule is O=C(NCc1ccc(C(=O)c2ccco2)s1)c1ccc(C(F)(F)F)cc1. The van der Waals surface area contributed by atoms with Crippen LogP contribution in [0.3, 0.4) is 0 Å². The highest BCUT2D eigenvalue weighted by molar-refractivity contribution is 7.14. The summed E-state index contributed by atoms with van der Waals surface area (Å²) in [5.74, 6) is -0.515. The summed E-state index contributed by atoms with van der Waals surface area (Å²) in [5, 5.41) is 2.62. The summed E-state index contributed by atoms with van der Waals surface area (Å²) in [7, 11) is 0. The molecule has 8 heteroatoms. The Morgan fingerprint density at radius 2 is 1.77 bits per heavy atom. The monoisotopic (exact) mass is 379 g/mol. The van der Waals surface area contributed by atoms with Crippen LogP contribution in [0.15, 0.2) is 59.2 Å². The van der Waals surface area contributed by atoms with E-state index in [0.717, 1.165) is 29.1 Å². The van der Waals surface area contributed by atoms with E-state index in [-0.39, 0.29) is 23.7 Å². The van der Waals surface area contributed by atoms with Gasteiger partial charge in [0.1, 0.15) is 0 Å². The number of ketones is 1. The first kappa shape index (κ1) is 17.9. The summed E-state index contributed by atoms with van der Waals surface area (Å²) in [6.45, 7) is 0.163. The van der Waals surface area contributed by atoms with Gasteiger partial charge in [0.15, 0.2) is 5.76 Å². The van der Waals surface area contributed by atoms with E-state index in [1.165, 1.54) is 17.6 Å². The summed E-state index contributed by atoms with van der Waals surface area (Å²) in [4.78, 5) is 25.4. The van der Waals surface area contributed by atoms with Gasteiger partial charge >= 0.3 is 6.18 Å². The van der Waals surface area contributed by atoms with Crippen molar-refractivity contribution in [3.63, 3.8) is 0 Å². The second-order valence-corrected chi connectivity index (χ2v) is 6.50. The zero-order valence-corrected chi connectivity index (χ0v) is 14.0. The van der Waals surface area contributed by atoms with Gasteiger partial charge in [0.05, 0.1) is 23.2 Å². The number of thiophene rings is 1. The van der Waals surface area contributed by atoms with Crippen LogP contribution in [0.25, 0.3) is 0 Å². The van der Waals surface area contributed by atoms with E-state index in [2.05, 4.69) is 5.32 Å². The third-order valence-corrected chi connectivity index (χ3v) is 4.61. The lowest BCUT2D eigenvalue weighted by atomic mass is 10.1. The molecule has 0 radical (unpaired) electrons. The Bertz CT molecular complexity index is 912. The number of alkyl halides is 3. The first-order chi connectivity index (χ1) is 12.3. The van der Waals surface area contributed by atoms with Crippen molar-refractivity contribution in [3.05, 3.63) is 81.4 Å². The summed E-state index contributed by atoms with van der Waals surface area (Å²) in [5.41, 5.74) is -0.685. The van der Waals surface area contributed by atoms with E-state index in [1.54, 1.807) is 24.3 Å². The molecule has 0 aliphatic heterocycles. The lowest BCUT2D eigenvalue weighted by Crippen LogP contribution is -2.22. The van der Waals surface area contributed by atoms with Crippen molar-refractivity contribution in [2.75, 3.05) is 0 Å². The first-order valence-corrected chi connectivity index (χ1v) is 8.28. The Morgan fingerprint density at radius 1 is 1.04 bits per heavy atom. The van der Waals surface area contributed by atoms with Crippen molar-refractivity contribution in [3.8, 4) is 0 Å².